The smallest absolute Gasteiger partial charge is 0.0835 e. The van der Waals surface area contributed by atoms with Crippen molar-refractivity contribution in [1.82, 2.24) is 9.78 Å². The predicted molar refractivity (Wildman–Crippen MR) is 61.2 cm³/mol. The molecule has 0 aliphatic heterocycles. The van der Waals surface area contributed by atoms with E-state index in [1.165, 1.54) is 0 Å². The molecule has 2 N–H and O–H groups in total. The van der Waals surface area contributed by atoms with Crippen molar-refractivity contribution in [2.45, 2.75) is 13.5 Å². The minimum Gasteiger partial charge on any atom is -0.325 e. The van der Waals surface area contributed by atoms with E-state index in [0.717, 1.165) is 16.9 Å². The third kappa shape index (κ3) is 1.89. The number of hydrogen-bond acceptors (Lipinski definition) is 2. The van der Waals surface area contributed by atoms with Crippen molar-refractivity contribution in [2.75, 3.05) is 0 Å². The van der Waals surface area contributed by atoms with Crippen LogP contribution >= 0.6 is 11.6 Å². The molecule has 0 amide bonds. The Kier molecular flexibility index (Phi) is 2.75. The SMILES string of the molecule is Cc1ccc(-n2nccc2CN)c(Cl)c1. The number of nitrogens with two attached hydrogens (primary N) is 1. The molecule has 0 unspecified atom stereocenters. The standard InChI is InChI=1S/C11H12ClN3/c1-8-2-3-11(10(12)6-8)15-9(7-13)4-5-14-15/h2-6H,7,13H2,1H3. The van der Waals surface area contributed by atoms with Crippen LogP contribution in [0, 0.1) is 6.92 Å². The normalized spacial score (nSPS) is 10.6. The summed E-state index contributed by atoms with van der Waals surface area (Å²) in [5.74, 6) is 0. The Morgan fingerprint density at radius 2 is 2.20 bits per heavy atom. The highest BCUT2D eigenvalue weighted by Gasteiger charge is 2.06. The molecule has 3 nitrogen and oxygen atoms in total. The monoisotopic (exact) mass is 221 g/mol. The lowest BCUT2D eigenvalue weighted by Crippen LogP contribution is -2.07. The summed E-state index contributed by atoms with van der Waals surface area (Å²) < 4.78 is 1.77. The van der Waals surface area contributed by atoms with Crippen LogP contribution in [0.3, 0.4) is 0 Å². The molecule has 0 bridgehead atoms. The molecule has 1 aromatic carbocycles. The minimum atomic E-state index is 0.449. The van der Waals surface area contributed by atoms with E-state index in [4.69, 9.17) is 17.3 Å². The summed E-state index contributed by atoms with van der Waals surface area (Å²) >= 11 is 6.15. The van der Waals surface area contributed by atoms with Gasteiger partial charge in [-0.1, -0.05) is 17.7 Å². The lowest BCUT2D eigenvalue weighted by atomic mass is 10.2. The molecule has 2 aromatic rings. The molecular weight excluding hydrogens is 210 g/mol. The quantitative estimate of drug-likeness (QED) is 0.846. The molecule has 0 saturated carbocycles. The molecular formula is C11H12ClN3. The Morgan fingerprint density at radius 3 is 2.87 bits per heavy atom. The number of nitrogens with zero attached hydrogens (tertiary/aromatic N) is 2. The van der Waals surface area contributed by atoms with Crippen molar-refractivity contribution in [3.63, 3.8) is 0 Å². The number of aromatic nitrogens is 2. The van der Waals surface area contributed by atoms with Crippen LogP contribution in [0.25, 0.3) is 5.69 Å². The van der Waals surface area contributed by atoms with Gasteiger partial charge in [-0.2, -0.15) is 5.10 Å². The van der Waals surface area contributed by atoms with E-state index < -0.39 is 0 Å². The molecule has 0 atom stereocenters. The van der Waals surface area contributed by atoms with Crippen LogP contribution in [0.5, 0.6) is 0 Å². The second-order valence-corrected chi connectivity index (χ2v) is 3.80. The van der Waals surface area contributed by atoms with E-state index in [-0.39, 0.29) is 0 Å². The Bertz CT molecular complexity index is 476. The zero-order valence-electron chi connectivity index (χ0n) is 8.44. The van der Waals surface area contributed by atoms with Gasteiger partial charge in [0.2, 0.25) is 0 Å². The van der Waals surface area contributed by atoms with Crippen LogP contribution in [-0.2, 0) is 6.54 Å². The minimum absolute atomic E-state index is 0.449. The fourth-order valence-corrected chi connectivity index (χ4v) is 1.80. The molecule has 0 aliphatic carbocycles. The van der Waals surface area contributed by atoms with Gasteiger partial charge in [0.1, 0.15) is 0 Å². The highest BCUT2D eigenvalue weighted by Crippen LogP contribution is 2.22. The second kappa shape index (κ2) is 4.04. The molecule has 15 heavy (non-hydrogen) atoms. The van der Waals surface area contributed by atoms with Crippen LogP contribution in [0.1, 0.15) is 11.3 Å². The van der Waals surface area contributed by atoms with Crippen molar-refractivity contribution >= 4 is 11.6 Å². The van der Waals surface area contributed by atoms with Crippen molar-refractivity contribution in [3.8, 4) is 5.69 Å². The van der Waals surface area contributed by atoms with Gasteiger partial charge in [-0.25, -0.2) is 4.68 Å². The van der Waals surface area contributed by atoms with Crippen molar-refractivity contribution < 1.29 is 0 Å². The summed E-state index contributed by atoms with van der Waals surface area (Å²) in [5, 5.41) is 4.89. The van der Waals surface area contributed by atoms with E-state index in [1.807, 2.05) is 31.2 Å². The first-order chi connectivity index (χ1) is 7.22. The molecule has 0 radical (unpaired) electrons. The third-order valence-corrected chi connectivity index (χ3v) is 2.56. The Morgan fingerprint density at radius 1 is 1.40 bits per heavy atom. The van der Waals surface area contributed by atoms with Gasteiger partial charge in [0.25, 0.3) is 0 Å². The zero-order valence-corrected chi connectivity index (χ0v) is 9.20. The van der Waals surface area contributed by atoms with Crippen LogP contribution in [0.4, 0.5) is 0 Å². The van der Waals surface area contributed by atoms with Gasteiger partial charge < -0.3 is 5.73 Å². The van der Waals surface area contributed by atoms with E-state index >= 15 is 0 Å². The molecule has 1 aromatic heterocycles. The van der Waals surface area contributed by atoms with Crippen LogP contribution in [-0.4, -0.2) is 9.78 Å². The maximum Gasteiger partial charge on any atom is 0.0835 e. The first-order valence-corrected chi connectivity index (χ1v) is 5.09. The van der Waals surface area contributed by atoms with E-state index in [2.05, 4.69) is 5.10 Å². The van der Waals surface area contributed by atoms with Gasteiger partial charge in [-0.15, -0.1) is 0 Å². The number of rotatable bonds is 2. The molecule has 0 fully saturated rings. The Hall–Kier alpha value is -1.32. The number of benzene rings is 1. The highest BCUT2D eigenvalue weighted by atomic mass is 35.5. The van der Waals surface area contributed by atoms with E-state index in [0.29, 0.717) is 11.6 Å². The highest BCUT2D eigenvalue weighted by molar-refractivity contribution is 6.32. The molecule has 0 spiro atoms. The predicted octanol–water partition coefficient (Wildman–Crippen LogP) is 2.29. The second-order valence-electron chi connectivity index (χ2n) is 3.39. The lowest BCUT2D eigenvalue weighted by molar-refractivity contribution is 0.804. The first-order valence-electron chi connectivity index (χ1n) is 4.72. The van der Waals surface area contributed by atoms with Crippen molar-refractivity contribution in [3.05, 3.63) is 46.7 Å². The van der Waals surface area contributed by atoms with E-state index in [9.17, 15) is 0 Å². The summed E-state index contributed by atoms with van der Waals surface area (Å²) in [6.45, 7) is 2.45. The Labute approximate surface area is 93.5 Å². The molecule has 0 saturated heterocycles. The van der Waals surface area contributed by atoms with Gasteiger partial charge >= 0.3 is 0 Å². The van der Waals surface area contributed by atoms with Gasteiger partial charge in [-0.05, 0) is 30.7 Å². The van der Waals surface area contributed by atoms with Gasteiger partial charge in [0.05, 0.1) is 16.4 Å². The molecule has 0 aliphatic rings. The van der Waals surface area contributed by atoms with Crippen molar-refractivity contribution in [1.29, 1.82) is 0 Å². The fourth-order valence-electron chi connectivity index (χ4n) is 1.49. The van der Waals surface area contributed by atoms with Gasteiger partial charge in [0, 0.05) is 12.7 Å². The number of aryl methyl sites for hydroxylation is 1. The molecule has 1 heterocycles. The van der Waals surface area contributed by atoms with Crippen molar-refractivity contribution in [2.24, 2.45) is 5.73 Å². The van der Waals surface area contributed by atoms with Gasteiger partial charge in [0.15, 0.2) is 0 Å². The van der Waals surface area contributed by atoms with Crippen LogP contribution < -0.4 is 5.73 Å². The molecule has 78 valence electrons. The largest absolute Gasteiger partial charge is 0.325 e. The summed E-state index contributed by atoms with van der Waals surface area (Å²) in [6, 6.07) is 7.75. The number of halogens is 1. The zero-order chi connectivity index (χ0) is 10.8. The summed E-state index contributed by atoms with van der Waals surface area (Å²) in [5.41, 5.74) is 8.55. The van der Waals surface area contributed by atoms with Crippen LogP contribution in [0.15, 0.2) is 30.5 Å². The maximum absolute atomic E-state index is 6.15. The maximum atomic E-state index is 6.15. The summed E-state index contributed by atoms with van der Waals surface area (Å²) in [6.07, 6.45) is 1.72. The number of hydrogen-bond donors (Lipinski definition) is 1. The van der Waals surface area contributed by atoms with Gasteiger partial charge in [-0.3, -0.25) is 0 Å². The first kappa shape index (κ1) is 10.2. The topological polar surface area (TPSA) is 43.8 Å². The molecule has 4 heteroatoms. The summed E-state index contributed by atoms with van der Waals surface area (Å²) in [7, 11) is 0. The van der Waals surface area contributed by atoms with Crippen LogP contribution in [0.2, 0.25) is 5.02 Å². The fraction of sp³-hybridized carbons (Fsp3) is 0.182. The Balaban J connectivity index is 2.54. The molecule has 2 rings (SSSR count). The lowest BCUT2D eigenvalue weighted by Gasteiger charge is -2.08. The third-order valence-electron chi connectivity index (χ3n) is 2.26. The average molecular weight is 222 g/mol. The summed E-state index contributed by atoms with van der Waals surface area (Å²) in [4.78, 5) is 0. The van der Waals surface area contributed by atoms with E-state index in [1.54, 1.807) is 10.9 Å². The average Bonchev–Trinajstić information content (AvgIpc) is 2.65.